The average molecular weight is 853 g/mol. The van der Waals surface area contributed by atoms with Crippen molar-refractivity contribution in [2.45, 2.75) is 17.9 Å². The van der Waals surface area contributed by atoms with E-state index in [1.165, 1.54) is 43.5 Å². The van der Waals surface area contributed by atoms with Gasteiger partial charge < -0.3 is 9.84 Å². The highest BCUT2D eigenvalue weighted by Crippen LogP contribution is 2.40. The molecular weight excluding hydrogens is 825 g/mol. The second kappa shape index (κ2) is 15.7. The molecule has 20 nitrogen and oxygen atoms in total. The van der Waals surface area contributed by atoms with E-state index < -0.39 is 70.8 Å². The lowest BCUT2D eigenvalue weighted by Crippen LogP contribution is -2.41. The average Bonchev–Trinajstić information content (AvgIpc) is 3.49. The van der Waals surface area contributed by atoms with Crippen LogP contribution in [0, 0.1) is 0 Å². The van der Waals surface area contributed by atoms with Crippen molar-refractivity contribution >= 4 is 105 Å². The van der Waals surface area contributed by atoms with Crippen molar-refractivity contribution in [2.24, 2.45) is 25.5 Å². The van der Waals surface area contributed by atoms with E-state index in [1.807, 2.05) is 0 Å². The molecule has 5 N–H and O–H groups in total. The molecule has 22 heteroatoms. The Labute approximate surface area is 338 Å². The van der Waals surface area contributed by atoms with E-state index in [0.717, 1.165) is 35.4 Å². The molecule has 0 fully saturated rings. The van der Waals surface area contributed by atoms with Gasteiger partial charge in [-0.1, -0.05) is 30.3 Å². The van der Waals surface area contributed by atoms with E-state index in [-0.39, 0.29) is 55.4 Å². The van der Waals surface area contributed by atoms with Gasteiger partial charge in [-0.3, -0.25) is 34.3 Å². The zero-order valence-corrected chi connectivity index (χ0v) is 32.5. The topological polar surface area (TPSA) is 296 Å². The molecule has 1 atom stereocenters. The lowest BCUT2D eigenvalue weighted by Gasteiger charge is -2.18. The zero-order valence-electron chi connectivity index (χ0n) is 30.8. The van der Waals surface area contributed by atoms with Gasteiger partial charge in [0.1, 0.15) is 21.9 Å². The number of ketones is 2. The Balaban J connectivity index is 1.31. The summed E-state index contributed by atoms with van der Waals surface area (Å²) in [6, 6.07) is 16.2. The van der Waals surface area contributed by atoms with Crippen LogP contribution < -0.4 is 31.0 Å². The number of ether oxygens (including phenoxy) is 1. The first-order valence-corrected chi connectivity index (χ1v) is 20.0. The maximum absolute atomic E-state index is 13.5. The van der Waals surface area contributed by atoms with E-state index in [2.05, 4.69) is 36.4 Å². The summed E-state index contributed by atoms with van der Waals surface area (Å²) in [6.07, 6.45) is 4.28. The molecule has 0 spiro atoms. The van der Waals surface area contributed by atoms with Gasteiger partial charge in [0, 0.05) is 22.1 Å². The van der Waals surface area contributed by atoms with Crippen molar-refractivity contribution in [1.29, 1.82) is 0 Å². The Morgan fingerprint density at radius 2 is 1.60 bits per heavy atom. The van der Waals surface area contributed by atoms with Crippen LogP contribution in [-0.2, 0) is 39.4 Å². The number of hydrogen-bond donors (Lipinski definition) is 5. The minimum absolute atomic E-state index is 0.00754. The first-order chi connectivity index (χ1) is 28.4. The highest BCUT2D eigenvalue weighted by molar-refractivity contribution is 7.96. The zero-order chi connectivity index (χ0) is 43.1. The minimum Gasteiger partial charge on any atom is -0.494 e. The van der Waals surface area contributed by atoms with Crippen LogP contribution in [0.4, 0.5) is 22.7 Å². The molecule has 304 valence electrons. The van der Waals surface area contributed by atoms with Crippen LogP contribution in [-0.4, -0.2) is 84.8 Å². The molecule has 0 aromatic heterocycles. The number of hydrogen-bond acceptors (Lipinski definition) is 16. The molecule has 0 radical (unpaired) electrons. The Morgan fingerprint density at radius 3 is 2.28 bits per heavy atom. The molecule has 7 rings (SSSR count). The fraction of sp³-hybridized carbons (Fsp3) is 0.0789. The predicted molar refractivity (Wildman–Crippen MR) is 218 cm³/mol. The molecule has 3 aliphatic rings. The van der Waals surface area contributed by atoms with E-state index >= 15 is 0 Å². The number of methoxy groups -OCH3 is 1. The maximum atomic E-state index is 13.5. The van der Waals surface area contributed by atoms with Gasteiger partial charge in [-0.2, -0.15) is 47.4 Å². The Hall–Kier alpha value is -7.53. The third-order valence-electron chi connectivity index (χ3n) is 9.03. The van der Waals surface area contributed by atoms with Crippen LogP contribution in [0.25, 0.3) is 21.8 Å². The number of benzene rings is 4. The van der Waals surface area contributed by atoms with Crippen LogP contribution in [0.1, 0.15) is 6.92 Å². The number of aliphatic carboxylic acids is 1. The van der Waals surface area contributed by atoms with Gasteiger partial charge in [0.05, 0.1) is 40.5 Å². The van der Waals surface area contributed by atoms with Crippen molar-refractivity contribution in [3.05, 3.63) is 107 Å². The summed E-state index contributed by atoms with van der Waals surface area (Å²) in [6.45, 7) is 1.56. The van der Waals surface area contributed by atoms with E-state index in [1.54, 1.807) is 37.3 Å². The summed E-state index contributed by atoms with van der Waals surface area (Å²) in [5.41, 5.74) is 4.69. The van der Waals surface area contributed by atoms with Crippen LogP contribution in [0.2, 0.25) is 0 Å². The number of rotatable bonds is 11. The highest BCUT2D eigenvalue weighted by Gasteiger charge is 2.36. The number of carboxylic acid groups (broad SMARTS) is 1. The number of carboxylic acids is 1. The SMILES string of the molecule is COc1cc(N/N=C2/C=CC(=O)C(C(=O)O)=C2)c2cc(S(=O)(=O)O)ccc2c1N/N=C1/C(=O)C=c2ccc(N3N=C(C)C(N=Nc4ccccc4)C3=O)cc2=C1S(=O)(=O)O. The quantitative estimate of drug-likeness (QED) is 0.0477. The summed E-state index contributed by atoms with van der Waals surface area (Å²) in [5.74, 6) is -3.87. The number of amides is 1. The van der Waals surface area contributed by atoms with Crippen molar-refractivity contribution < 1.29 is 55.0 Å². The maximum Gasteiger partial charge on any atom is 0.339 e. The van der Waals surface area contributed by atoms with Gasteiger partial charge in [-0.25, -0.2) is 4.79 Å². The number of carbonyl (C=O) groups excluding carboxylic acids is 3. The first kappa shape index (κ1) is 40.7. The molecule has 1 aliphatic heterocycles. The van der Waals surface area contributed by atoms with Crippen LogP contribution in [0.3, 0.4) is 0 Å². The van der Waals surface area contributed by atoms with Crippen molar-refractivity contribution in [3.8, 4) is 5.75 Å². The molecule has 60 heavy (non-hydrogen) atoms. The summed E-state index contributed by atoms with van der Waals surface area (Å²) in [7, 11) is -8.78. The lowest BCUT2D eigenvalue weighted by atomic mass is 10.0. The van der Waals surface area contributed by atoms with Crippen LogP contribution in [0.5, 0.6) is 5.75 Å². The third kappa shape index (κ3) is 7.97. The lowest BCUT2D eigenvalue weighted by molar-refractivity contribution is -0.134. The molecule has 1 heterocycles. The Kier molecular flexibility index (Phi) is 10.6. The second-order valence-electron chi connectivity index (χ2n) is 12.9. The van der Waals surface area contributed by atoms with Gasteiger partial charge in [-0.15, -0.1) is 0 Å². The Morgan fingerprint density at radius 1 is 0.850 bits per heavy atom. The molecule has 4 aromatic rings. The molecule has 1 amide bonds. The fourth-order valence-corrected chi connectivity index (χ4v) is 7.56. The van der Waals surface area contributed by atoms with Crippen LogP contribution >= 0.6 is 0 Å². The Bertz CT molecular complexity index is 3140. The predicted octanol–water partition coefficient (Wildman–Crippen LogP) is 2.72. The van der Waals surface area contributed by atoms with Gasteiger partial charge in [0.2, 0.25) is 5.78 Å². The first-order valence-electron chi connectivity index (χ1n) is 17.1. The number of nitrogens with one attached hydrogen (secondary N) is 2. The number of allylic oxidation sites excluding steroid dienone is 3. The third-order valence-corrected chi connectivity index (χ3v) is 10.8. The van der Waals surface area contributed by atoms with Gasteiger partial charge in [-0.05, 0) is 72.8 Å². The summed E-state index contributed by atoms with van der Waals surface area (Å²) in [4.78, 5) is 48.9. The fourth-order valence-electron chi connectivity index (χ4n) is 6.21. The number of anilines is 3. The van der Waals surface area contributed by atoms with Gasteiger partial charge >= 0.3 is 5.97 Å². The molecule has 4 aromatic carbocycles. The van der Waals surface area contributed by atoms with E-state index in [0.29, 0.717) is 5.69 Å². The smallest absolute Gasteiger partial charge is 0.339 e. The molecule has 2 aliphatic carbocycles. The molecule has 0 bridgehead atoms. The molecule has 1 unspecified atom stereocenters. The summed E-state index contributed by atoms with van der Waals surface area (Å²) < 4.78 is 76.3. The number of carbonyl (C=O) groups is 4. The largest absolute Gasteiger partial charge is 0.494 e. The number of Topliss-reactive ketones (excluding diaryl/α,β-unsaturated/α-hetero) is 1. The van der Waals surface area contributed by atoms with E-state index in [9.17, 15) is 50.2 Å². The highest BCUT2D eigenvalue weighted by atomic mass is 32.2. The van der Waals surface area contributed by atoms with Gasteiger partial charge in [0.15, 0.2) is 17.5 Å². The number of hydrazone groups is 3. The van der Waals surface area contributed by atoms with Crippen molar-refractivity contribution in [1.82, 2.24) is 0 Å². The van der Waals surface area contributed by atoms with Gasteiger partial charge in [0.25, 0.3) is 26.1 Å². The minimum atomic E-state index is -5.24. The summed E-state index contributed by atoms with van der Waals surface area (Å²) >= 11 is 0. The number of fused-ring (bicyclic) bond motifs is 2. The monoisotopic (exact) mass is 852 g/mol. The molecular formula is C38H28N8O12S2. The molecule has 0 saturated carbocycles. The summed E-state index contributed by atoms with van der Waals surface area (Å²) in [5, 5.41) is 31.0. The van der Waals surface area contributed by atoms with Crippen LogP contribution in [0.15, 0.2) is 127 Å². The standard InChI is InChI=1S/C38H28N8O12S2/c1-19-33(42-39-21-6-4-3-5-7-21)37(49)46(45-19)23-10-8-20-14-31(48)35(36(26(20)16-23)60(55,56)57)44-43-34-25-12-11-24(59(52,53)54)17-27(25)29(18-32(34)58-2)41-40-22-9-13-30(47)28(15-22)38(50)51/h3-18,33,41,43H,1-2H3,(H,50,51)(H,52,53,54)(H,55,56,57)/b40-22-,42-39?,44-35-. The molecule has 0 saturated heterocycles. The number of nitrogens with zero attached hydrogens (tertiary/aromatic N) is 6. The van der Waals surface area contributed by atoms with Crippen molar-refractivity contribution in [2.75, 3.05) is 23.0 Å². The second-order valence-corrected chi connectivity index (χ2v) is 15.7. The van der Waals surface area contributed by atoms with Crippen molar-refractivity contribution in [3.63, 3.8) is 0 Å². The number of azo groups is 1. The van der Waals surface area contributed by atoms with E-state index in [4.69, 9.17) is 4.74 Å². The normalized spacial score (nSPS) is 18.2.